The lowest BCUT2D eigenvalue weighted by Crippen LogP contribution is -2.77. The lowest BCUT2D eigenvalue weighted by atomic mass is 10.1. The van der Waals surface area contributed by atoms with Gasteiger partial charge in [-0.3, -0.25) is 32.6 Å². The van der Waals surface area contributed by atoms with Gasteiger partial charge in [0, 0.05) is 65.1 Å². The van der Waals surface area contributed by atoms with E-state index in [1.807, 2.05) is 0 Å². The maximum Gasteiger partial charge on any atom is 0.270 e. The van der Waals surface area contributed by atoms with Crippen LogP contribution in [0.15, 0.2) is 0 Å². The summed E-state index contributed by atoms with van der Waals surface area (Å²) in [6.07, 6.45) is 10.9. The minimum Gasteiger partial charge on any atom is -0.323 e. The van der Waals surface area contributed by atoms with Crippen molar-refractivity contribution in [3.05, 3.63) is 0 Å². The molecule has 11 rings (SSSR count). The Bertz CT molecular complexity index is 1290. The van der Waals surface area contributed by atoms with Crippen LogP contribution >= 0.6 is 8.37 Å². The van der Waals surface area contributed by atoms with Gasteiger partial charge in [-0.15, -0.1) is 0 Å². The Kier molecular flexibility index (Phi) is 19.4. The van der Waals surface area contributed by atoms with Crippen molar-refractivity contribution < 1.29 is 22.4 Å². The predicted molar refractivity (Wildman–Crippen MR) is 255 cm³/mol. The topological polar surface area (TPSA) is 31.9 Å². The van der Waals surface area contributed by atoms with E-state index >= 15 is 0 Å². The third-order valence-corrected chi connectivity index (χ3v) is 19.1. The van der Waals surface area contributed by atoms with Crippen molar-refractivity contribution in [2.75, 3.05) is 187 Å². The monoisotopic (exact) mass is 865 g/mol. The van der Waals surface area contributed by atoms with Gasteiger partial charge in [-0.25, -0.2) is 24.0 Å². The van der Waals surface area contributed by atoms with Crippen molar-refractivity contribution in [1.82, 2.24) is 38.7 Å². The minimum atomic E-state index is -0.229. The number of hydrogen-bond acceptors (Lipinski definition) is 8. The molecule has 1 atom stereocenters. The molecule has 11 aliphatic rings. The van der Waals surface area contributed by atoms with Crippen LogP contribution in [0.4, 0.5) is 0 Å². The molecular formula is C46H99N13P+5. The van der Waals surface area contributed by atoms with E-state index < -0.39 is 0 Å². The third kappa shape index (κ3) is 13.1. The van der Waals surface area contributed by atoms with Crippen molar-refractivity contribution in [2.24, 2.45) is 0 Å². The van der Waals surface area contributed by atoms with E-state index in [1.165, 1.54) is 190 Å². The highest BCUT2D eigenvalue weighted by Gasteiger charge is 2.46. The molecule has 0 N–H and O–H groups in total. The van der Waals surface area contributed by atoms with Crippen molar-refractivity contribution in [2.45, 2.75) is 106 Å². The van der Waals surface area contributed by atoms with Gasteiger partial charge in [0.2, 0.25) is 11.7 Å². The maximum atomic E-state index is 2.66. The Labute approximate surface area is 372 Å². The molecule has 0 aliphatic carbocycles. The molecule has 0 radical (unpaired) electrons. The Hall–Kier alpha value is -0.990. The summed E-state index contributed by atoms with van der Waals surface area (Å²) in [7, 11) is 11.4. The van der Waals surface area contributed by atoms with E-state index in [0.717, 1.165) is 32.2 Å². The number of fused-ring (bicyclic) bond motifs is 5. The second kappa shape index (κ2) is 23.3. The summed E-state index contributed by atoms with van der Waals surface area (Å²) in [6, 6.07) is 0.778. The first kappa shape index (κ1) is 50.0. The van der Waals surface area contributed by atoms with E-state index in [2.05, 4.69) is 132 Å². The molecule has 0 saturated carbocycles. The molecule has 9 fully saturated rings. The quantitative estimate of drug-likeness (QED) is 0.191. The number of amidine groups is 2. The van der Waals surface area contributed by atoms with Gasteiger partial charge < -0.3 is 4.48 Å². The first-order chi connectivity index (χ1) is 28.7. The molecule has 13 nitrogen and oxygen atoms in total. The van der Waals surface area contributed by atoms with E-state index in [-0.39, 0.29) is 8.37 Å². The highest BCUT2D eigenvalue weighted by molar-refractivity contribution is 7.46. The van der Waals surface area contributed by atoms with Gasteiger partial charge in [-0.1, -0.05) is 27.7 Å². The lowest BCUT2D eigenvalue weighted by Gasteiger charge is -2.59. The fourth-order valence-corrected chi connectivity index (χ4v) is 14.6. The van der Waals surface area contributed by atoms with Gasteiger partial charge in [0.1, 0.15) is 20.0 Å². The average molecular weight is 865 g/mol. The van der Waals surface area contributed by atoms with Crippen LogP contribution in [0, 0.1) is 0 Å². The number of quaternary nitrogens is 3. The number of likely N-dealkylation sites (N-methyl/N-ethyl adjacent to an activating group) is 1. The molecule has 348 valence electrons. The zero-order chi connectivity index (χ0) is 43.5. The molecule has 0 aromatic rings. The maximum absolute atomic E-state index is 2.66. The van der Waals surface area contributed by atoms with Crippen LogP contribution < -0.4 is 0 Å². The molecule has 0 amide bonds. The molecule has 11 aliphatic heterocycles. The van der Waals surface area contributed by atoms with Gasteiger partial charge in [-0.2, -0.15) is 0 Å². The SMILES string of the molecule is CC1CCCCC2=[N+](C)CCCN21.CCN(CC)P(N(CC)CC)[N+](C)(CC)CC.C[N+]12CCN(CC1)CC2.C[N+]12CN3CN(CN(C3)C1)C2.C[N+]1=C2CCCN2CCC1. The molecule has 11 heterocycles. The van der Waals surface area contributed by atoms with Crippen LogP contribution in [-0.4, -0.2) is 265 Å². The highest BCUT2D eigenvalue weighted by atomic mass is 31.2. The normalized spacial score (nSPS) is 33.0. The van der Waals surface area contributed by atoms with Crippen LogP contribution in [0.3, 0.4) is 0 Å². The van der Waals surface area contributed by atoms with E-state index in [4.69, 9.17) is 0 Å². The first-order valence-corrected chi connectivity index (χ1v) is 26.3. The van der Waals surface area contributed by atoms with Gasteiger partial charge in [0.15, 0.2) is 0 Å². The zero-order valence-corrected chi connectivity index (χ0v) is 42.7. The molecule has 0 aromatic carbocycles. The minimum absolute atomic E-state index is 0.229. The lowest BCUT2D eigenvalue weighted by molar-refractivity contribution is -0.963. The van der Waals surface area contributed by atoms with Gasteiger partial charge in [-0.05, 0) is 46.5 Å². The number of piperazine rings is 3. The summed E-state index contributed by atoms with van der Waals surface area (Å²) >= 11 is 0. The molecule has 0 aromatic heterocycles. The molecule has 60 heavy (non-hydrogen) atoms. The Balaban J connectivity index is 0.000000144. The average Bonchev–Trinajstić information content (AvgIpc) is 3.65. The van der Waals surface area contributed by atoms with E-state index in [1.54, 1.807) is 11.7 Å². The summed E-state index contributed by atoms with van der Waals surface area (Å²) in [4.78, 5) is 15.3. The second-order valence-electron chi connectivity index (χ2n) is 20.4. The first-order valence-electron chi connectivity index (χ1n) is 25.1. The molecular weight excluding hydrogens is 766 g/mol. The molecule has 14 heteroatoms. The van der Waals surface area contributed by atoms with Crippen molar-refractivity contribution in [1.29, 1.82) is 0 Å². The Morgan fingerprint density at radius 3 is 1.50 bits per heavy atom. The summed E-state index contributed by atoms with van der Waals surface area (Å²) in [5.41, 5.74) is 0. The third-order valence-electron chi connectivity index (χ3n) is 15.5. The van der Waals surface area contributed by atoms with Gasteiger partial charge >= 0.3 is 0 Å². The largest absolute Gasteiger partial charge is 0.323 e. The van der Waals surface area contributed by atoms with Crippen molar-refractivity contribution in [3.63, 3.8) is 0 Å². The van der Waals surface area contributed by atoms with Crippen LogP contribution in [0.2, 0.25) is 0 Å². The summed E-state index contributed by atoms with van der Waals surface area (Å²) in [6.45, 7) is 45.3. The predicted octanol–water partition coefficient (Wildman–Crippen LogP) is 4.49. The van der Waals surface area contributed by atoms with E-state index in [0.29, 0.717) is 0 Å². The van der Waals surface area contributed by atoms with Crippen LogP contribution in [0.1, 0.15) is 99.8 Å². The number of nitrogens with zero attached hydrogens (tertiary/aromatic N) is 13. The van der Waals surface area contributed by atoms with E-state index in [9.17, 15) is 0 Å². The summed E-state index contributed by atoms with van der Waals surface area (Å²) in [5, 5.41) is 0. The zero-order valence-electron chi connectivity index (χ0n) is 41.8. The van der Waals surface area contributed by atoms with Crippen molar-refractivity contribution in [3.8, 4) is 0 Å². The standard InChI is InChI=1S/C13H33N3P.C11H21N2.C8H15N2.C7H15N4.C7H15N2/c1-8-14(9-2)17(15(10-3)11-4)16(7,12-5)13-6;1-10-6-3-4-7-11-12(2)8-5-9-13(10)11;1-9-5-3-7-10-6-2-4-8(9)10;1-11-5-8-2-9(6-11)4-10(3-8)7-11;1-9-5-2-8(3-6-9)4-7-9/h8-13H2,1-7H3;10H,3-9H2,1-2H3;2-7H2,1H3;2-7H2,1H3;2-7H2,1H3/q5*+1. The fourth-order valence-electron chi connectivity index (χ4n) is 11.5. The molecule has 1 unspecified atom stereocenters. The Morgan fingerprint density at radius 1 is 0.600 bits per heavy atom. The van der Waals surface area contributed by atoms with Gasteiger partial charge in [0.25, 0.3) is 8.37 Å². The number of rotatable bonds is 9. The molecule has 9 saturated heterocycles. The summed E-state index contributed by atoms with van der Waals surface area (Å²) < 4.78 is 13.9. The molecule has 6 bridgehead atoms. The summed E-state index contributed by atoms with van der Waals surface area (Å²) in [5.74, 6) is 3.20. The van der Waals surface area contributed by atoms with Gasteiger partial charge in [0.05, 0.1) is 133 Å². The number of hydrogen-bond donors (Lipinski definition) is 0. The van der Waals surface area contributed by atoms with Crippen molar-refractivity contribution >= 4 is 20.0 Å². The fraction of sp³-hybridized carbons (Fsp3) is 0.957. The highest BCUT2D eigenvalue weighted by Crippen LogP contribution is 2.52. The second-order valence-corrected chi connectivity index (χ2v) is 23.0. The molecule has 0 spiro atoms. The Morgan fingerprint density at radius 2 is 1.07 bits per heavy atom. The van der Waals surface area contributed by atoms with Crippen LogP contribution in [0.5, 0.6) is 0 Å². The smallest absolute Gasteiger partial charge is 0.270 e. The van der Waals surface area contributed by atoms with Crippen LogP contribution in [0.25, 0.3) is 0 Å². The van der Waals surface area contributed by atoms with Crippen LogP contribution in [-0.2, 0) is 0 Å².